The summed E-state index contributed by atoms with van der Waals surface area (Å²) in [4.78, 5) is 13.3. The Kier molecular flexibility index (Phi) is 3.11. The normalized spacial score (nSPS) is 31.0. The molecule has 2 saturated heterocycles. The molecule has 1 unspecified atom stereocenters. The van der Waals surface area contributed by atoms with Gasteiger partial charge in [-0.25, -0.2) is 4.79 Å². The topological polar surface area (TPSA) is 64.8 Å². The number of carbonyl (C=O) groups is 1. The van der Waals surface area contributed by atoms with E-state index in [0.717, 1.165) is 25.9 Å². The monoisotopic (exact) mass is 214 g/mol. The van der Waals surface area contributed by atoms with Crippen LogP contribution in [0.15, 0.2) is 0 Å². The fourth-order valence-electron chi connectivity index (χ4n) is 2.18. The molecule has 1 spiro atoms. The number of hydrogen-bond acceptors (Lipinski definition) is 4. The van der Waals surface area contributed by atoms with Gasteiger partial charge in [-0.1, -0.05) is 0 Å². The number of nitrogens with two attached hydrogens (primary N) is 1. The molecule has 0 bridgehead atoms. The van der Waals surface area contributed by atoms with Crippen molar-refractivity contribution >= 4 is 6.09 Å². The summed E-state index contributed by atoms with van der Waals surface area (Å²) in [5.41, 5.74) is 5.05. The predicted octanol–water partition coefficient (Wildman–Crippen LogP) is 0.337. The van der Waals surface area contributed by atoms with Crippen molar-refractivity contribution in [1.29, 1.82) is 0 Å². The van der Waals surface area contributed by atoms with E-state index in [-0.39, 0.29) is 11.7 Å². The van der Waals surface area contributed by atoms with Gasteiger partial charge in [-0.05, 0) is 25.8 Å². The molecule has 5 nitrogen and oxygen atoms in total. The van der Waals surface area contributed by atoms with Crippen LogP contribution >= 0.6 is 0 Å². The highest BCUT2D eigenvalue weighted by molar-refractivity contribution is 5.70. The second-order valence-corrected chi connectivity index (χ2v) is 4.27. The highest BCUT2D eigenvalue weighted by atomic mass is 16.6. The molecule has 0 aromatic carbocycles. The molecule has 0 aromatic heterocycles. The van der Waals surface area contributed by atoms with Crippen LogP contribution in [-0.2, 0) is 9.47 Å². The van der Waals surface area contributed by atoms with E-state index in [2.05, 4.69) is 0 Å². The van der Waals surface area contributed by atoms with Gasteiger partial charge < -0.3 is 20.1 Å². The van der Waals surface area contributed by atoms with E-state index in [1.807, 2.05) is 0 Å². The van der Waals surface area contributed by atoms with Crippen molar-refractivity contribution in [2.24, 2.45) is 5.73 Å². The lowest BCUT2D eigenvalue weighted by atomic mass is 9.97. The van der Waals surface area contributed by atoms with E-state index in [1.165, 1.54) is 0 Å². The number of hydrogen-bond donors (Lipinski definition) is 1. The van der Waals surface area contributed by atoms with Gasteiger partial charge in [0.2, 0.25) is 0 Å². The summed E-state index contributed by atoms with van der Waals surface area (Å²) in [6.07, 6.45) is 2.50. The summed E-state index contributed by atoms with van der Waals surface area (Å²) < 4.78 is 10.8. The Morgan fingerprint density at radius 3 is 3.07 bits per heavy atom. The van der Waals surface area contributed by atoms with Crippen LogP contribution in [-0.4, -0.2) is 49.4 Å². The minimum Gasteiger partial charge on any atom is -0.438 e. The van der Waals surface area contributed by atoms with Crippen molar-refractivity contribution in [3.63, 3.8) is 0 Å². The Bertz CT molecular complexity index is 239. The first-order valence-corrected chi connectivity index (χ1v) is 5.51. The van der Waals surface area contributed by atoms with Gasteiger partial charge in [0.25, 0.3) is 0 Å². The molecule has 0 radical (unpaired) electrons. The van der Waals surface area contributed by atoms with Crippen molar-refractivity contribution < 1.29 is 14.3 Å². The van der Waals surface area contributed by atoms with Crippen molar-refractivity contribution in [3.8, 4) is 0 Å². The molecule has 2 heterocycles. The fourth-order valence-corrected chi connectivity index (χ4v) is 2.18. The van der Waals surface area contributed by atoms with Gasteiger partial charge in [0.1, 0.15) is 0 Å². The van der Waals surface area contributed by atoms with Gasteiger partial charge in [-0.15, -0.1) is 0 Å². The molecule has 15 heavy (non-hydrogen) atoms. The van der Waals surface area contributed by atoms with Crippen LogP contribution in [0.25, 0.3) is 0 Å². The molecule has 0 aliphatic carbocycles. The highest BCUT2D eigenvalue weighted by Gasteiger charge is 2.46. The van der Waals surface area contributed by atoms with E-state index in [0.29, 0.717) is 26.2 Å². The SMILES string of the molecule is NCCCN1CC2(CCCOC2)OC1=O. The number of amides is 1. The summed E-state index contributed by atoms with van der Waals surface area (Å²) in [5.74, 6) is 0. The first-order valence-electron chi connectivity index (χ1n) is 5.51. The minimum absolute atomic E-state index is 0.214. The van der Waals surface area contributed by atoms with Gasteiger partial charge in [0.15, 0.2) is 5.60 Å². The molecule has 2 fully saturated rings. The summed E-state index contributed by atoms with van der Waals surface area (Å²) in [5, 5.41) is 0. The lowest BCUT2D eigenvalue weighted by Gasteiger charge is -2.30. The smallest absolute Gasteiger partial charge is 0.410 e. The molecule has 1 amide bonds. The van der Waals surface area contributed by atoms with Crippen molar-refractivity contribution in [1.82, 2.24) is 4.90 Å². The number of carbonyl (C=O) groups excluding carboxylic acids is 1. The largest absolute Gasteiger partial charge is 0.438 e. The van der Waals surface area contributed by atoms with Gasteiger partial charge in [-0.2, -0.15) is 0 Å². The molecule has 2 aliphatic heterocycles. The second kappa shape index (κ2) is 4.37. The first kappa shape index (κ1) is 10.7. The molecule has 2 rings (SSSR count). The third-order valence-corrected chi connectivity index (χ3v) is 2.96. The molecule has 0 saturated carbocycles. The molecule has 0 aromatic rings. The summed E-state index contributed by atoms with van der Waals surface area (Å²) >= 11 is 0. The highest BCUT2D eigenvalue weighted by Crippen LogP contribution is 2.30. The van der Waals surface area contributed by atoms with E-state index >= 15 is 0 Å². The maximum absolute atomic E-state index is 11.6. The van der Waals surface area contributed by atoms with Crippen LogP contribution in [0.4, 0.5) is 4.79 Å². The Labute approximate surface area is 89.5 Å². The zero-order valence-corrected chi connectivity index (χ0v) is 8.91. The molecular weight excluding hydrogens is 196 g/mol. The lowest BCUT2D eigenvalue weighted by molar-refractivity contribution is -0.0651. The van der Waals surface area contributed by atoms with Crippen LogP contribution < -0.4 is 5.73 Å². The second-order valence-electron chi connectivity index (χ2n) is 4.27. The number of ether oxygens (including phenoxy) is 2. The summed E-state index contributed by atoms with van der Waals surface area (Å²) in [6, 6.07) is 0. The van der Waals surface area contributed by atoms with E-state index in [4.69, 9.17) is 15.2 Å². The van der Waals surface area contributed by atoms with E-state index in [9.17, 15) is 4.79 Å². The van der Waals surface area contributed by atoms with Crippen LogP contribution in [0.1, 0.15) is 19.3 Å². The van der Waals surface area contributed by atoms with E-state index in [1.54, 1.807) is 4.90 Å². The fraction of sp³-hybridized carbons (Fsp3) is 0.900. The van der Waals surface area contributed by atoms with Gasteiger partial charge in [-0.3, -0.25) is 0 Å². The van der Waals surface area contributed by atoms with Gasteiger partial charge in [0, 0.05) is 13.2 Å². The Morgan fingerprint density at radius 1 is 1.53 bits per heavy atom. The average Bonchev–Trinajstić information content (AvgIpc) is 2.53. The van der Waals surface area contributed by atoms with Crippen molar-refractivity contribution in [2.45, 2.75) is 24.9 Å². The van der Waals surface area contributed by atoms with Crippen molar-refractivity contribution in [3.05, 3.63) is 0 Å². The van der Waals surface area contributed by atoms with Crippen LogP contribution in [0.5, 0.6) is 0 Å². The maximum atomic E-state index is 11.6. The molecule has 5 heteroatoms. The maximum Gasteiger partial charge on any atom is 0.410 e. The number of rotatable bonds is 3. The first-order chi connectivity index (χ1) is 7.26. The third kappa shape index (κ3) is 2.23. The summed E-state index contributed by atoms with van der Waals surface area (Å²) in [6.45, 7) is 3.27. The standard InChI is InChI=1S/C10H18N2O3/c11-4-2-5-12-7-10(15-9(12)13)3-1-6-14-8-10/h1-8,11H2. The minimum atomic E-state index is -0.371. The molecule has 86 valence electrons. The third-order valence-electron chi connectivity index (χ3n) is 2.96. The van der Waals surface area contributed by atoms with Crippen LogP contribution in [0.3, 0.4) is 0 Å². The average molecular weight is 214 g/mol. The summed E-state index contributed by atoms with van der Waals surface area (Å²) in [7, 11) is 0. The van der Waals surface area contributed by atoms with E-state index < -0.39 is 0 Å². The van der Waals surface area contributed by atoms with Gasteiger partial charge in [0.05, 0.1) is 13.2 Å². The van der Waals surface area contributed by atoms with Gasteiger partial charge >= 0.3 is 6.09 Å². The predicted molar refractivity (Wildman–Crippen MR) is 54.5 cm³/mol. The van der Waals surface area contributed by atoms with Crippen LogP contribution in [0.2, 0.25) is 0 Å². The Morgan fingerprint density at radius 2 is 2.40 bits per heavy atom. The zero-order valence-electron chi connectivity index (χ0n) is 8.91. The Balaban J connectivity index is 1.92. The molecule has 1 atom stereocenters. The quantitative estimate of drug-likeness (QED) is 0.735. The lowest BCUT2D eigenvalue weighted by Crippen LogP contribution is -2.42. The van der Waals surface area contributed by atoms with Crippen LogP contribution in [0, 0.1) is 0 Å². The Hall–Kier alpha value is -0.810. The number of nitrogens with zero attached hydrogens (tertiary/aromatic N) is 1. The zero-order chi connectivity index (χ0) is 10.7. The molecule has 2 N–H and O–H groups in total. The van der Waals surface area contributed by atoms with Crippen molar-refractivity contribution in [2.75, 3.05) is 32.8 Å². The molecule has 2 aliphatic rings. The molecular formula is C10H18N2O3.